The molecule has 1 atom stereocenters. The molecule has 190 valence electrons. The third kappa shape index (κ3) is 6.32. The molecule has 2 heterocycles. The molecular formula is C28H39N3O3S. The second kappa shape index (κ2) is 11.2. The van der Waals surface area contributed by atoms with Crippen molar-refractivity contribution in [2.24, 2.45) is 5.92 Å². The molecule has 4 rings (SSSR count). The number of carbonyl (C=O) groups excluding carboxylic acids is 1. The molecule has 35 heavy (non-hydrogen) atoms. The number of aryl methyl sites for hydroxylation is 2. The first-order chi connectivity index (χ1) is 16.7. The Labute approximate surface area is 210 Å². The maximum absolute atomic E-state index is 13.1. The molecule has 0 radical (unpaired) electrons. The summed E-state index contributed by atoms with van der Waals surface area (Å²) in [5, 5.41) is 3.06. The lowest BCUT2D eigenvalue weighted by atomic mass is 9.97. The minimum absolute atomic E-state index is 0.0137. The van der Waals surface area contributed by atoms with E-state index in [2.05, 4.69) is 41.4 Å². The lowest BCUT2D eigenvalue weighted by molar-refractivity contribution is -0.126. The Morgan fingerprint density at radius 1 is 0.943 bits per heavy atom. The van der Waals surface area contributed by atoms with Crippen LogP contribution in [0.1, 0.15) is 61.3 Å². The maximum atomic E-state index is 13.1. The Hall–Kier alpha value is -2.22. The number of hydrogen-bond acceptors (Lipinski definition) is 4. The number of nitrogens with one attached hydrogen (secondary N) is 1. The highest BCUT2D eigenvalue weighted by Crippen LogP contribution is 2.26. The fraction of sp³-hybridized carbons (Fsp3) is 0.536. The van der Waals surface area contributed by atoms with E-state index >= 15 is 0 Å². The minimum atomic E-state index is -3.53. The molecule has 2 saturated heterocycles. The van der Waals surface area contributed by atoms with Gasteiger partial charge in [-0.3, -0.25) is 9.69 Å². The average molecular weight is 498 g/mol. The number of hydrogen-bond donors (Lipinski definition) is 1. The number of piperidine rings is 2. The Morgan fingerprint density at radius 3 is 2.29 bits per heavy atom. The third-order valence-electron chi connectivity index (χ3n) is 7.59. The molecule has 2 fully saturated rings. The van der Waals surface area contributed by atoms with Gasteiger partial charge in [-0.1, -0.05) is 48.4 Å². The molecule has 6 nitrogen and oxygen atoms in total. The van der Waals surface area contributed by atoms with Crippen LogP contribution in [-0.2, 0) is 27.9 Å². The zero-order chi connectivity index (χ0) is 25.0. The van der Waals surface area contributed by atoms with Gasteiger partial charge in [0, 0.05) is 38.1 Å². The number of amides is 1. The first-order valence-electron chi connectivity index (χ1n) is 12.9. The van der Waals surface area contributed by atoms with E-state index in [1.54, 1.807) is 6.07 Å². The van der Waals surface area contributed by atoms with Gasteiger partial charge >= 0.3 is 0 Å². The number of benzene rings is 2. The van der Waals surface area contributed by atoms with E-state index in [4.69, 9.17) is 0 Å². The molecule has 2 aromatic carbocycles. The van der Waals surface area contributed by atoms with E-state index in [1.807, 2.05) is 26.0 Å². The van der Waals surface area contributed by atoms with E-state index < -0.39 is 10.0 Å². The highest BCUT2D eigenvalue weighted by Gasteiger charge is 2.32. The van der Waals surface area contributed by atoms with E-state index in [0.29, 0.717) is 43.4 Å². The lowest BCUT2D eigenvalue weighted by Crippen LogP contribution is -2.43. The Morgan fingerprint density at radius 2 is 1.63 bits per heavy atom. The lowest BCUT2D eigenvalue weighted by Gasteiger charge is -2.33. The quantitative estimate of drug-likeness (QED) is 0.616. The van der Waals surface area contributed by atoms with Gasteiger partial charge in [0.15, 0.2) is 0 Å². The molecule has 1 amide bonds. The normalized spacial score (nSPS) is 20.6. The predicted molar refractivity (Wildman–Crippen MR) is 139 cm³/mol. The molecule has 2 aromatic rings. The SMILES string of the molecule is Cc1ccc(S(=O)(=O)N2CCC(C(=O)NCc3ccc(CN4CCCCC4C)cc3)CC2)c(C)c1. The first kappa shape index (κ1) is 25.9. The molecule has 0 spiro atoms. The van der Waals surface area contributed by atoms with Crippen molar-refractivity contribution < 1.29 is 13.2 Å². The molecule has 0 aliphatic carbocycles. The van der Waals surface area contributed by atoms with Crippen LogP contribution in [0.5, 0.6) is 0 Å². The van der Waals surface area contributed by atoms with Crippen LogP contribution in [0.4, 0.5) is 0 Å². The van der Waals surface area contributed by atoms with Crippen molar-refractivity contribution in [1.82, 2.24) is 14.5 Å². The second-order valence-electron chi connectivity index (χ2n) is 10.3. The Balaban J connectivity index is 1.25. The molecule has 7 heteroatoms. The zero-order valence-corrected chi connectivity index (χ0v) is 22.1. The largest absolute Gasteiger partial charge is 0.352 e. The number of nitrogens with zero attached hydrogens (tertiary/aromatic N) is 2. The number of likely N-dealkylation sites (tertiary alicyclic amines) is 1. The molecule has 1 N–H and O–H groups in total. The van der Waals surface area contributed by atoms with Crippen molar-refractivity contribution >= 4 is 15.9 Å². The molecular weight excluding hydrogens is 458 g/mol. The van der Waals surface area contributed by atoms with Gasteiger partial charge in [-0.25, -0.2) is 8.42 Å². The van der Waals surface area contributed by atoms with Crippen molar-refractivity contribution in [1.29, 1.82) is 0 Å². The third-order valence-corrected chi connectivity index (χ3v) is 9.65. The predicted octanol–water partition coefficient (Wildman–Crippen LogP) is 4.39. The average Bonchev–Trinajstić information content (AvgIpc) is 2.84. The Kier molecular flexibility index (Phi) is 8.30. The molecule has 0 saturated carbocycles. The van der Waals surface area contributed by atoms with Crippen LogP contribution in [0.25, 0.3) is 0 Å². The molecule has 2 aliphatic heterocycles. The van der Waals surface area contributed by atoms with Crippen LogP contribution in [0, 0.1) is 19.8 Å². The summed E-state index contributed by atoms with van der Waals surface area (Å²) in [6.07, 6.45) is 4.98. The number of carbonyl (C=O) groups is 1. The van der Waals surface area contributed by atoms with Crippen LogP contribution in [0.2, 0.25) is 0 Å². The van der Waals surface area contributed by atoms with Crippen molar-refractivity contribution in [3.05, 3.63) is 64.7 Å². The van der Waals surface area contributed by atoms with Gasteiger partial charge in [-0.2, -0.15) is 4.31 Å². The van der Waals surface area contributed by atoms with Gasteiger partial charge in [0.05, 0.1) is 4.90 Å². The fourth-order valence-corrected chi connectivity index (χ4v) is 6.98. The smallest absolute Gasteiger partial charge is 0.243 e. The monoisotopic (exact) mass is 497 g/mol. The highest BCUT2D eigenvalue weighted by atomic mass is 32.2. The summed E-state index contributed by atoms with van der Waals surface area (Å²) in [6, 6.07) is 14.6. The molecule has 0 aromatic heterocycles. The van der Waals surface area contributed by atoms with Crippen molar-refractivity contribution in [2.45, 2.75) is 76.9 Å². The van der Waals surface area contributed by atoms with Crippen LogP contribution in [0.15, 0.2) is 47.4 Å². The van der Waals surface area contributed by atoms with Gasteiger partial charge in [0.25, 0.3) is 0 Å². The summed E-state index contributed by atoms with van der Waals surface area (Å²) in [7, 11) is -3.53. The highest BCUT2D eigenvalue weighted by molar-refractivity contribution is 7.89. The van der Waals surface area contributed by atoms with Crippen molar-refractivity contribution in [3.8, 4) is 0 Å². The molecule has 2 aliphatic rings. The van der Waals surface area contributed by atoms with Crippen molar-refractivity contribution in [3.63, 3.8) is 0 Å². The summed E-state index contributed by atoms with van der Waals surface area (Å²) in [6.45, 7) is 9.50. The second-order valence-corrected chi connectivity index (χ2v) is 12.2. The van der Waals surface area contributed by atoms with Crippen LogP contribution >= 0.6 is 0 Å². The number of sulfonamides is 1. The summed E-state index contributed by atoms with van der Waals surface area (Å²) in [5.74, 6) is -0.139. The Bertz CT molecular complexity index is 1120. The first-order valence-corrected chi connectivity index (χ1v) is 14.3. The van der Waals surface area contributed by atoms with E-state index in [-0.39, 0.29) is 11.8 Å². The van der Waals surface area contributed by atoms with Gasteiger partial charge in [0.1, 0.15) is 0 Å². The fourth-order valence-electron chi connectivity index (χ4n) is 5.31. The van der Waals surface area contributed by atoms with E-state index in [9.17, 15) is 13.2 Å². The van der Waals surface area contributed by atoms with Crippen LogP contribution < -0.4 is 5.32 Å². The molecule has 1 unspecified atom stereocenters. The maximum Gasteiger partial charge on any atom is 0.243 e. The van der Waals surface area contributed by atoms with Gasteiger partial charge < -0.3 is 5.32 Å². The van der Waals surface area contributed by atoms with Gasteiger partial charge in [0.2, 0.25) is 15.9 Å². The topological polar surface area (TPSA) is 69.7 Å². The van der Waals surface area contributed by atoms with Crippen LogP contribution in [0.3, 0.4) is 0 Å². The van der Waals surface area contributed by atoms with Gasteiger partial charge in [-0.05, 0) is 75.8 Å². The van der Waals surface area contributed by atoms with Crippen LogP contribution in [-0.4, -0.2) is 49.2 Å². The standard InChI is InChI=1S/C28H39N3O3S/c1-21-7-12-27(22(2)18-21)35(33,34)31-16-13-26(14-17-31)28(32)29-19-24-8-10-25(11-9-24)20-30-15-5-4-6-23(30)3/h7-12,18,23,26H,4-6,13-17,19-20H2,1-3H3,(H,29,32). The zero-order valence-electron chi connectivity index (χ0n) is 21.3. The van der Waals surface area contributed by atoms with E-state index in [0.717, 1.165) is 23.2 Å². The van der Waals surface area contributed by atoms with Gasteiger partial charge in [-0.15, -0.1) is 0 Å². The summed E-state index contributed by atoms with van der Waals surface area (Å²) in [5.41, 5.74) is 4.21. The van der Waals surface area contributed by atoms with E-state index in [1.165, 1.54) is 35.7 Å². The summed E-state index contributed by atoms with van der Waals surface area (Å²) in [4.78, 5) is 15.7. The minimum Gasteiger partial charge on any atom is -0.352 e. The summed E-state index contributed by atoms with van der Waals surface area (Å²) < 4.78 is 27.7. The number of rotatable bonds is 7. The summed E-state index contributed by atoms with van der Waals surface area (Å²) >= 11 is 0. The molecule has 0 bridgehead atoms. The van der Waals surface area contributed by atoms with Crippen molar-refractivity contribution in [2.75, 3.05) is 19.6 Å².